The first-order valence-corrected chi connectivity index (χ1v) is 13.5. The van der Waals surface area contributed by atoms with Gasteiger partial charge in [0.05, 0.1) is 36.5 Å². The van der Waals surface area contributed by atoms with E-state index in [0.717, 1.165) is 61.6 Å². The molecule has 5 N–H and O–H groups in total. The number of hydrogen-bond donors (Lipinski definition) is 5. The van der Waals surface area contributed by atoms with Crippen LogP contribution in [-0.2, 0) is 9.53 Å². The Bertz CT molecular complexity index is 1370. The highest BCUT2D eigenvalue weighted by Gasteiger charge is 2.21. The number of carbonyl (C=O) groups is 1. The summed E-state index contributed by atoms with van der Waals surface area (Å²) >= 11 is 0. The summed E-state index contributed by atoms with van der Waals surface area (Å²) in [7, 11) is 5.15. The van der Waals surface area contributed by atoms with Crippen LogP contribution in [0.5, 0.6) is 5.75 Å². The number of nitrogens with zero attached hydrogens (tertiary/aromatic N) is 3. The molecule has 0 saturated carbocycles. The van der Waals surface area contributed by atoms with E-state index in [1.165, 1.54) is 18.6 Å². The fraction of sp³-hybridized carbons (Fsp3) is 0.333. The number of ether oxygens (including phenoxy) is 2. The van der Waals surface area contributed by atoms with Gasteiger partial charge in [-0.05, 0) is 31.1 Å². The highest BCUT2D eigenvalue weighted by atomic mass is 16.5. The molecule has 41 heavy (non-hydrogen) atoms. The molecule has 1 fully saturated rings. The van der Waals surface area contributed by atoms with Crippen molar-refractivity contribution >= 4 is 40.7 Å². The third-order valence-corrected chi connectivity index (χ3v) is 7.05. The van der Waals surface area contributed by atoms with Gasteiger partial charge < -0.3 is 41.1 Å². The molecular weight excluding hydrogens is 520 g/mol. The largest absolute Gasteiger partial charge is 0.494 e. The van der Waals surface area contributed by atoms with Crippen LogP contribution in [0.25, 0.3) is 11.3 Å². The molecule has 3 aromatic rings. The fourth-order valence-electron chi connectivity index (χ4n) is 4.77. The standard InChI is InChI=1S/C30H38N8O3/c1-5-30(39)37-25-15-27(28(41-4)16-26(25)35-22-8-10-38(11-9-22)12-13-40-3)36-29-17-24(33-19-34-29)20-6-7-21(18-31)23(14-20)32-2/h5-7,14-19,22,31-32,35H,1,8-13H2,2-4H3,(H,37,39)(H,33,34,36). The number of carbonyl (C=O) groups excluding carboxylic acids is 1. The molecule has 1 amide bonds. The number of amides is 1. The van der Waals surface area contributed by atoms with Crippen molar-refractivity contribution < 1.29 is 14.3 Å². The molecular formula is C30H38N8O3. The predicted octanol–water partition coefficient (Wildman–Crippen LogP) is 4.58. The number of rotatable bonds is 13. The number of aromatic nitrogens is 2. The van der Waals surface area contributed by atoms with Crippen LogP contribution in [-0.4, -0.2) is 80.5 Å². The molecule has 1 aliphatic heterocycles. The maximum atomic E-state index is 12.3. The first kappa shape index (κ1) is 29.5. The minimum absolute atomic E-state index is 0.252. The number of anilines is 5. The summed E-state index contributed by atoms with van der Waals surface area (Å²) in [6.07, 6.45) is 5.99. The van der Waals surface area contributed by atoms with Crippen LogP contribution < -0.4 is 26.0 Å². The van der Waals surface area contributed by atoms with Gasteiger partial charge in [-0.1, -0.05) is 18.7 Å². The Morgan fingerprint density at radius 1 is 1.10 bits per heavy atom. The van der Waals surface area contributed by atoms with Crippen molar-refractivity contribution in [1.29, 1.82) is 5.41 Å². The Labute approximate surface area is 240 Å². The summed E-state index contributed by atoms with van der Waals surface area (Å²) in [4.78, 5) is 23.6. The van der Waals surface area contributed by atoms with E-state index in [4.69, 9.17) is 14.9 Å². The van der Waals surface area contributed by atoms with Crippen molar-refractivity contribution in [3.8, 4) is 17.0 Å². The third-order valence-electron chi connectivity index (χ3n) is 7.05. The molecule has 0 bridgehead atoms. The van der Waals surface area contributed by atoms with E-state index in [0.29, 0.717) is 28.6 Å². The molecule has 0 spiro atoms. The van der Waals surface area contributed by atoms with Crippen LogP contribution in [0.2, 0.25) is 0 Å². The van der Waals surface area contributed by atoms with Gasteiger partial charge in [0.25, 0.3) is 0 Å². The van der Waals surface area contributed by atoms with Gasteiger partial charge in [0.15, 0.2) is 0 Å². The zero-order valence-corrected chi connectivity index (χ0v) is 23.8. The van der Waals surface area contributed by atoms with Crippen molar-refractivity contribution in [2.75, 3.05) is 68.8 Å². The van der Waals surface area contributed by atoms with Gasteiger partial charge in [-0.15, -0.1) is 0 Å². The molecule has 216 valence electrons. The maximum absolute atomic E-state index is 12.3. The van der Waals surface area contributed by atoms with E-state index < -0.39 is 0 Å². The summed E-state index contributed by atoms with van der Waals surface area (Å²) in [6, 6.07) is 11.5. The van der Waals surface area contributed by atoms with Crippen LogP contribution in [0.15, 0.2) is 55.4 Å². The quantitative estimate of drug-likeness (QED) is 0.151. The molecule has 1 saturated heterocycles. The second-order valence-electron chi connectivity index (χ2n) is 9.65. The molecule has 0 aliphatic carbocycles. The van der Waals surface area contributed by atoms with Crippen molar-refractivity contribution in [2.24, 2.45) is 0 Å². The van der Waals surface area contributed by atoms with E-state index in [2.05, 4.69) is 42.7 Å². The van der Waals surface area contributed by atoms with Crippen molar-refractivity contribution in [1.82, 2.24) is 14.9 Å². The average Bonchev–Trinajstić information content (AvgIpc) is 3.01. The highest BCUT2D eigenvalue weighted by Crippen LogP contribution is 2.38. The molecule has 0 radical (unpaired) electrons. The summed E-state index contributed by atoms with van der Waals surface area (Å²) in [5.41, 5.74) is 5.22. The first-order chi connectivity index (χ1) is 20.0. The predicted molar refractivity (Wildman–Crippen MR) is 165 cm³/mol. The van der Waals surface area contributed by atoms with Crippen LogP contribution in [0.3, 0.4) is 0 Å². The average molecular weight is 559 g/mol. The number of hydrogen-bond acceptors (Lipinski definition) is 10. The molecule has 1 aliphatic rings. The monoisotopic (exact) mass is 558 g/mol. The van der Waals surface area contributed by atoms with Crippen LogP contribution in [0.1, 0.15) is 18.4 Å². The Hall–Kier alpha value is -4.48. The topological polar surface area (TPSA) is 137 Å². The molecule has 4 rings (SSSR count). The Morgan fingerprint density at radius 3 is 2.59 bits per heavy atom. The molecule has 0 atom stereocenters. The van der Waals surface area contributed by atoms with Crippen LogP contribution in [0.4, 0.5) is 28.6 Å². The number of methoxy groups -OCH3 is 2. The normalized spacial score (nSPS) is 13.7. The van der Waals surface area contributed by atoms with E-state index in [1.54, 1.807) is 14.2 Å². The van der Waals surface area contributed by atoms with Gasteiger partial charge in [0.2, 0.25) is 5.91 Å². The Morgan fingerprint density at radius 2 is 1.90 bits per heavy atom. The lowest BCUT2D eigenvalue weighted by molar-refractivity contribution is -0.111. The molecule has 2 aromatic carbocycles. The second-order valence-corrected chi connectivity index (χ2v) is 9.65. The lowest BCUT2D eigenvalue weighted by Gasteiger charge is -2.33. The van der Waals surface area contributed by atoms with Crippen molar-refractivity contribution in [3.63, 3.8) is 0 Å². The summed E-state index contributed by atoms with van der Waals surface area (Å²) < 4.78 is 10.9. The first-order valence-electron chi connectivity index (χ1n) is 13.5. The van der Waals surface area contributed by atoms with Gasteiger partial charge in [-0.3, -0.25) is 4.79 Å². The highest BCUT2D eigenvalue weighted by molar-refractivity contribution is 6.02. The molecule has 11 heteroatoms. The van der Waals surface area contributed by atoms with E-state index in [9.17, 15) is 4.79 Å². The Kier molecular flexibility index (Phi) is 10.2. The van der Waals surface area contributed by atoms with Gasteiger partial charge in [0, 0.05) is 75.0 Å². The zero-order valence-electron chi connectivity index (χ0n) is 23.8. The lowest BCUT2D eigenvalue weighted by atomic mass is 10.0. The van der Waals surface area contributed by atoms with Crippen LogP contribution >= 0.6 is 0 Å². The lowest BCUT2D eigenvalue weighted by Crippen LogP contribution is -2.40. The number of likely N-dealkylation sites (tertiary alicyclic amines) is 1. The summed E-state index contributed by atoms with van der Waals surface area (Å²) in [5.74, 6) is 0.840. The molecule has 1 aromatic heterocycles. The minimum atomic E-state index is -0.309. The van der Waals surface area contributed by atoms with E-state index >= 15 is 0 Å². The van der Waals surface area contributed by atoms with Gasteiger partial charge in [-0.2, -0.15) is 0 Å². The zero-order chi connectivity index (χ0) is 29.2. The van der Waals surface area contributed by atoms with Crippen molar-refractivity contribution in [2.45, 2.75) is 18.9 Å². The Balaban J connectivity index is 1.58. The second kappa shape index (κ2) is 14.2. The van der Waals surface area contributed by atoms with E-state index in [1.807, 2.05) is 43.4 Å². The SMILES string of the molecule is C=CC(=O)Nc1cc(Nc2cc(-c3ccc(C=N)c(NC)c3)ncn2)c(OC)cc1NC1CCN(CCOC)CC1. The van der Waals surface area contributed by atoms with Gasteiger partial charge in [0.1, 0.15) is 17.9 Å². The van der Waals surface area contributed by atoms with Gasteiger partial charge in [-0.25, -0.2) is 9.97 Å². The molecule has 2 heterocycles. The molecule has 11 nitrogen and oxygen atoms in total. The maximum Gasteiger partial charge on any atom is 0.247 e. The molecule has 0 unspecified atom stereocenters. The van der Waals surface area contributed by atoms with E-state index in [-0.39, 0.29) is 11.9 Å². The smallest absolute Gasteiger partial charge is 0.247 e. The van der Waals surface area contributed by atoms with Crippen molar-refractivity contribution in [3.05, 3.63) is 60.9 Å². The number of nitrogens with one attached hydrogen (secondary N) is 5. The third kappa shape index (κ3) is 7.59. The number of benzene rings is 2. The fourth-order valence-corrected chi connectivity index (χ4v) is 4.77. The van der Waals surface area contributed by atoms with Gasteiger partial charge >= 0.3 is 0 Å². The number of piperidine rings is 1. The summed E-state index contributed by atoms with van der Waals surface area (Å²) in [6.45, 7) is 7.20. The summed E-state index contributed by atoms with van der Waals surface area (Å²) in [5, 5.41) is 20.6. The minimum Gasteiger partial charge on any atom is -0.494 e. The van der Waals surface area contributed by atoms with Crippen LogP contribution in [0, 0.1) is 5.41 Å².